The summed E-state index contributed by atoms with van der Waals surface area (Å²) < 4.78 is 17.9. The molecule has 0 aliphatic carbocycles. The molecule has 0 radical (unpaired) electrons. The van der Waals surface area contributed by atoms with E-state index in [2.05, 4.69) is 0 Å². The highest BCUT2D eigenvalue weighted by Crippen LogP contribution is 2.20. The Bertz CT molecular complexity index is 109. The van der Waals surface area contributed by atoms with E-state index in [0.29, 0.717) is 12.3 Å². The fraction of sp³-hybridized carbons (Fsp3) is 1.00. The third-order valence-corrected chi connectivity index (χ3v) is 2.19. The summed E-state index contributed by atoms with van der Waals surface area (Å²) in [5.41, 5.74) is 5.18. The lowest BCUT2D eigenvalue weighted by Crippen LogP contribution is -2.23. The molecule has 1 unspecified atom stereocenters. The van der Waals surface area contributed by atoms with E-state index in [9.17, 15) is 4.39 Å². The van der Waals surface area contributed by atoms with Crippen molar-refractivity contribution in [2.24, 2.45) is 11.7 Å². The molecular formula is C8H17ClFNO. The highest BCUT2D eigenvalue weighted by Gasteiger charge is 2.17. The summed E-state index contributed by atoms with van der Waals surface area (Å²) in [6.45, 7) is 1.75. The van der Waals surface area contributed by atoms with Crippen LogP contribution in [0.2, 0.25) is 0 Å². The van der Waals surface area contributed by atoms with Gasteiger partial charge in [-0.15, -0.1) is 12.4 Å². The molecule has 2 N–H and O–H groups in total. The van der Waals surface area contributed by atoms with Crippen molar-refractivity contribution in [3.63, 3.8) is 0 Å². The zero-order chi connectivity index (χ0) is 8.10. The molecule has 1 rings (SSSR count). The first-order valence-corrected chi connectivity index (χ1v) is 4.25. The van der Waals surface area contributed by atoms with E-state index in [4.69, 9.17) is 10.5 Å². The molecule has 0 aromatic rings. The van der Waals surface area contributed by atoms with Gasteiger partial charge in [-0.3, -0.25) is 0 Å². The molecule has 12 heavy (non-hydrogen) atoms. The number of nitrogens with two attached hydrogens (primary N) is 1. The summed E-state index contributed by atoms with van der Waals surface area (Å²) in [6, 6.07) is 0. The number of alkyl halides is 1. The lowest BCUT2D eigenvalue weighted by Gasteiger charge is -2.22. The zero-order valence-electron chi connectivity index (χ0n) is 7.17. The molecule has 2 nitrogen and oxygen atoms in total. The number of ether oxygens (including phenoxy) is 1. The molecule has 0 bridgehead atoms. The van der Waals surface area contributed by atoms with E-state index in [-0.39, 0.29) is 19.0 Å². The van der Waals surface area contributed by atoms with Crippen molar-refractivity contribution < 1.29 is 9.13 Å². The Labute approximate surface area is 79.1 Å². The Morgan fingerprint density at radius 3 is 2.50 bits per heavy atom. The van der Waals surface area contributed by atoms with Gasteiger partial charge < -0.3 is 10.5 Å². The van der Waals surface area contributed by atoms with Gasteiger partial charge in [-0.25, -0.2) is 4.39 Å². The van der Waals surface area contributed by atoms with Gasteiger partial charge in [-0.1, -0.05) is 0 Å². The highest BCUT2D eigenvalue weighted by molar-refractivity contribution is 5.85. The van der Waals surface area contributed by atoms with E-state index in [1.807, 2.05) is 0 Å². The van der Waals surface area contributed by atoms with Gasteiger partial charge in [0.15, 0.2) is 0 Å². The van der Waals surface area contributed by atoms with Crippen molar-refractivity contribution in [3.05, 3.63) is 0 Å². The Balaban J connectivity index is 0.00000121. The summed E-state index contributed by atoms with van der Waals surface area (Å²) in [4.78, 5) is 0. The van der Waals surface area contributed by atoms with Crippen LogP contribution in [0.15, 0.2) is 0 Å². The van der Waals surface area contributed by atoms with E-state index < -0.39 is 6.17 Å². The van der Waals surface area contributed by atoms with Crippen molar-refractivity contribution in [2.75, 3.05) is 19.8 Å². The maximum Gasteiger partial charge on any atom is 0.113 e. The molecule has 0 spiro atoms. The molecule has 1 aliphatic rings. The summed E-state index contributed by atoms with van der Waals surface area (Å²) >= 11 is 0. The third-order valence-electron chi connectivity index (χ3n) is 2.19. The molecule has 74 valence electrons. The Morgan fingerprint density at radius 2 is 2.00 bits per heavy atom. The molecule has 4 heteroatoms. The first-order chi connectivity index (χ1) is 5.33. The Kier molecular flexibility index (Phi) is 6.71. The molecule has 0 aromatic carbocycles. The summed E-state index contributed by atoms with van der Waals surface area (Å²) in [7, 11) is 0. The zero-order valence-corrected chi connectivity index (χ0v) is 7.99. The first kappa shape index (κ1) is 12.1. The summed E-state index contributed by atoms with van der Waals surface area (Å²) in [5.74, 6) is 0.502. The molecule has 0 amide bonds. The maximum absolute atomic E-state index is 12.8. The van der Waals surface area contributed by atoms with Crippen LogP contribution >= 0.6 is 12.4 Å². The van der Waals surface area contributed by atoms with Crippen LogP contribution in [0.4, 0.5) is 4.39 Å². The first-order valence-electron chi connectivity index (χ1n) is 4.25. The van der Waals surface area contributed by atoms with E-state index in [1.54, 1.807) is 0 Å². The van der Waals surface area contributed by atoms with Gasteiger partial charge in [0.2, 0.25) is 0 Å². The molecular weight excluding hydrogens is 181 g/mol. The minimum Gasteiger partial charge on any atom is -0.381 e. The van der Waals surface area contributed by atoms with Gasteiger partial charge in [0, 0.05) is 19.8 Å². The van der Waals surface area contributed by atoms with Crippen LogP contribution in [0.3, 0.4) is 0 Å². The lowest BCUT2D eigenvalue weighted by atomic mass is 9.94. The second-order valence-electron chi connectivity index (χ2n) is 3.12. The van der Waals surface area contributed by atoms with Crippen LogP contribution in [-0.2, 0) is 4.74 Å². The summed E-state index contributed by atoms with van der Waals surface area (Å²) in [6.07, 6.45) is 1.82. The second-order valence-corrected chi connectivity index (χ2v) is 3.12. The number of hydrogen-bond donors (Lipinski definition) is 1. The highest BCUT2D eigenvalue weighted by atomic mass is 35.5. The van der Waals surface area contributed by atoms with E-state index >= 15 is 0 Å². The molecule has 1 aliphatic heterocycles. The molecule has 0 aromatic heterocycles. The monoisotopic (exact) mass is 197 g/mol. The number of rotatable bonds is 3. The van der Waals surface area contributed by atoms with Gasteiger partial charge in [-0.05, 0) is 25.2 Å². The van der Waals surface area contributed by atoms with E-state index in [0.717, 1.165) is 26.1 Å². The van der Waals surface area contributed by atoms with Crippen molar-refractivity contribution in [1.29, 1.82) is 0 Å². The van der Waals surface area contributed by atoms with Crippen LogP contribution in [0, 0.1) is 5.92 Å². The SMILES string of the molecule is Cl.NCC(F)CC1CCOCC1. The minimum atomic E-state index is -0.807. The predicted octanol–water partition coefficient (Wildman–Crippen LogP) is 1.52. The van der Waals surface area contributed by atoms with Gasteiger partial charge >= 0.3 is 0 Å². The van der Waals surface area contributed by atoms with E-state index in [1.165, 1.54) is 0 Å². The smallest absolute Gasteiger partial charge is 0.113 e. The fourth-order valence-electron chi connectivity index (χ4n) is 1.44. The average molecular weight is 198 g/mol. The van der Waals surface area contributed by atoms with Gasteiger partial charge in [-0.2, -0.15) is 0 Å². The van der Waals surface area contributed by atoms with Gasteiger partial charge in [0.05, 0.1) is 0 Å². The number of halogens is 2. The molecule has 1 heterocycles. The molecule has 1 saturated heterocycles. The molecule has 1 fully saturated rings. The third kappa shape index (κ3) is 4.24. The fourth-order valence-corrected chi connectivity index (χ4v) is 1.44. The Morgan fingerprint density at radius 1 is 1.42 bits per heavy atom. The molecule has 1 atom stereocenters. The number of hydrogen-bond acceptors (Lipinski definition) is 2. The quantitative estimate of drug-likeness (QED) is 0.745. The van der Waals surface area contributed by atoms with Crippen LogP contribution in [0.5, 0.6) is 0 Å². The van der Waals surface area contributed by atoms with Crippen LogP contribution in [0.1, 0.15) is 19.3 Å². The van der Waals surface area contributed by atoms with Gasteiger partial charge in [0.1, 0.15) is 6.17 Å². The maximum atomic E-state index is 12.8. The second kappa shape index (κ2) is 6.63. The predicted molar refractivity (Wildman–Crippen MR) is 49.4 cm³/mol. The molecule has 0 saturated carbocycles. The normalized spacial score (nSPS) is 21.5. The average Bonchev–Trinajstić information content (AvgIpc) is 2.06. The van der Waals surface area contributed by atoms with Crippen molar-refractivity contribution in [2.45, 2.75) is 25.4 Å². The van der Waals surface area contributed by atoms with Crippen LogP contribution in [0.25, 0.3) is 0 Å². The minimum absolute atomic E-state index is 0. The largest absolute Gasteiger partial charge is 0.381 e. The van der Waals surface area contributed by atoms with Crippen molar-refractivity contribution in [1.82, 2.24) is 0 Å². The topological polar surface area (TPSA) is 35.2 Å². The Hall–Kier alpha value is 0.140. The van der Waals surface area contributed by atoms with Gasteiger partial charge in [0.25, 0.3) is 0 Å². The summed E-state index contributed by atoms with van der Waals surface area (Å²) in [5, 5.41) is 0. The standard InChI is InChI=1S/C8H16FNO.ClH/c9-8(6-10)5-7-1-3-11-4-2-7;/h7-8H,1-6,10H2;1H. The lowest BCUT2D eigenvalue weighted by molar-refractivity contribution is 0.0561. The van der Waals surface area contributed by atoms with Crippen molar-refractivity contribution in [3.8, 4) is 0 Å². The van der Waals surface area contributed by atoms with Crippen molar-refractivity contribution >= 4 is 12.4 Å². The van der Waals surface area contributed by atoms with Crippen LogP contribution < -0.4 is 5.73 Å². The van der Waals surface area contributed by atoms with Crippen LogP contribution in [-0.4, -0.2) is 25.9 Å².